The van der Waals surface area contributed by atoms with Crippen molar-refractivity contribution >= 4 is 5.91 Å². The van der Waals surface area contributed by atoms with Crippen molar-refractivity contribution in [3.63, 3.8) is 0 Å². The summed E-state index contributed by atoms with van der Waals surface area (Å²) >= 11 is 0. The van der Waals surface area contributed by atoms with Crippen LogP contribution in [-0.2, 0) is 0 Å². The van der Waals surface area contributed by atoms with Crippen molar-refractivity contribution < 1.29 is 13.9 Å². The highest BCUT2D eigenvalue weighted by Crippen LogP contribution is 2.18. The molecule has 94 valence electrons. The highest BCUT2D eigenvalue weighted by atomic mass is 19.1. The highest BCUT2D eigenvalue weighted by molar-refractivity contribution is 5.94. The molecule has 0 aliphatic carbocycles. The normalized spacial score (nSPS) is 12.0. The van der Waals surface area contributed by atoms with Gasteiger partial charge in [-0.3, -0.25) is 4.79 Å². The van der Waals surface area contributed by atoms with Crippen LogP contribution in [0.25, 0.3) is 0 Å². The van der Waals surface area contributed by atoms with Crippen LogP contribution in [-0.4, -0.2) is 25.6 Å². The Balaban J connectivity index is 2.75. The largest absolute Gasteiger partial charge is 0.494 e. The molecule has 0 saturated carbocycles. The Bertz CT molecular complexity index is 396. The second-order valence-electron chi connectivity index (χ2n) is 3.80. The van der Waals surface area contributed by atoms with E-state index in [4.69, 9.17) is 10.5 Å². The molecule has 1 rings (SSSR count). The van der Waals surface area contributed by atoms with Crippen LogP contribution in [0, 0.1) is 5.82 Å². The molecule has 1 aromatic rings. The maximum atomic E-state index is 13.1. The van der Waals surface area contributed by atoms with E-state index in [-0.39, 0.29) is 17.7 Å². The van der Waals surface area contributed by atoms with Gasteiger partial charge in [-0.15, -0.1) is 0 Å². The van der Waals surface area contributed by atoms with Crippen LogP contribution in [0.15, 0.2) is 18.2 Å². The minimum Gasteiger partial charge on any atom is -0.494 e. The molecule has 17 heavy (non-hydrogen) atoms. The van der Waals surface area contributed by atoms with E-state index < -0.39 is 5.82 Å². The first-order valence-electron chi connectivity index (χ1n) is 5.43. The monoisotopic (exact) mass is 240 g/mol. The van der Waals surface area contributed by atoms with Crippen molar-refractivity contribution in [2.45, 2.75) is 19.4 Å². The van der Waals surface area contributed by atoms with Gasteiger partial charge in [0, 0.05) is 11.6 Å². The number of ether oxygens (including phenoxy) is 1. The number of hydrogen-bond acceptors (Lipinski definition) is 3. The van der Waals surface area contributed by atoms with E-state index in [9.17, 15) is 9.18 Å². The average Bonchev–Trinajstić information content (AvgIpc) is 2.29. The van der Waals surface area contributed by atoms with Crippen molar-refractivity contribution in [2.75, 3.05) is 13.7 Å². The summed E-state index contributed by atoms with van der Waals surface area (Å²) in [5, 5.41) is 2.77. The molecule has 1 atom stereocenters. The number of hydrogen-bond donors (Lipinski definition) is 2. The number of amides is 1. The number of carbonyl (C=O) groups is 1. The molecule has 0 aromatic heterocycles. The quantitative estimate of drug-likeness (QED) is 0.815. The molecule has 1 unspecified atom stereocenters. The fourth-order valence-electron chi connectivity index (χ4n) is 1.43. The molecule has 1 amide bonds. The lowest BCUT2D eigenvalue weighted by Gasteiger charge is -2.13. The van der Waals surface area contributed by atoms with Gasteiger partial charge >= 0.3 is 0 Å². The fraction of sp³-hybridized carbons (Fsp3) is 0.417. The van der Waals surface area contributed by atoms with E-state index >= 15 is 0 Å². The highest BCUT2D eigenvalue weighted by Gasteiger charge is 2.12. The third kappa shape index (κ3) is 3.71. The standard InChI is InChI=1S/C12H17FN2O2/c1-8(5-6-14)15-12(16)9-3-4-10(13)11(7-9)17-2/h3-4,7-8H,5-6,14H2,1-2H3,(H,15,16). The van der Waals surface area contributed by atoms with Crippen LogP contribution >= 0.6 is 0 Å². The van der Waals surface area contributed by atoms with Gasteiger partial charge in [-0.25, -0.2) is 4.39 Å². The molecule has 0 saturated heterocycles. The topological polar surface area (TPSA) is 64.3 Å². The predicted octanol–water partition coefficient (Wildman–Crippen LogP) is 1.30. The second-order valence-corrected chi connectivity index (χ2v) is 3.80. The minimum absolute atomic E-state index is 0.0106. The number of carbonyl (C=O) groups excluding carboxylic acids is 1. The van der Waals surface area contributed by atoms with E-state index in [0.717, 1.165) is 0 Å². The first-order valence-corrected chi connectivity index (χ1v) is 5.43. The number of halogens is 1. The molecule has 0 heterocycles. The molecule has 1 aromatic carbocycles. The first-order chi connectivity index (χ1) is 8.08. The summed E-state index contributed by atoms with van der Waals surface area (Å²) in [5.74, 6) is -0.688. The maximum Gasteiger partial charge on any atom is 0.251 e. The zero-order valence-electron chi connectivity index (χ0n) is 10.00. The number of nitrogens with one attached hydrogen (secondary N) is 1. The SMILES string of the molecule is COc1cc(C(=O)NC(C)CCN)ccc1F. The van der Waals surface area contributed by atoms with Crippen LogP contribution in [0.3, 0.4) is 0 Å². The Morgan fingerprint density at radius 1 is 1.59 bits per heavy atom. The van der Waals surface area contributed by atoms with E-state index in [0.29, 0.717) is 18.5 Å². The third-order valence-corrected chi connectivity index (χ3v) is 2.39. The van der Waals surface area contributed by atoms with Crippen molar-refractivity contribution in [2.24, 2.45) is 5.73 Å². The number of rotatable bonds is 5. The summed E-state index contributed by atoms with van der Waals surface area (Å²) in [6, 6.07) is 3.99. The lowest BCUT2D eigenvalue weighted by molar-refractivity contribution is 0.0938. The maximum absolute atomic E-state index is 13.1. The zero-order valence-corrected chi connectivity index (χ0v) is 10.00. The Hall–Kier alpha value is -1.62. The van der Waals surface area contributed by atoms with Gasteiger partial charge in [0.25, 0.3) is 5.91 Å². The van der Waals surface area contributed by atoms with Gasteiger partial charge in [0.1, 0.15) is 0 Å². The average molecular weight is 240 g/mol. The Kier molecular flexibility index (Phi) is 4.90. The molecule has 3 N–H and O–H groups in total. The van der Waals surface area contributed by atoms with Crippen molar-refractivity contribution in [3.8, 4) is 5.75 Å². The van der Waals surface area contributed by atoms with Crippen LogP contribution in [0.4, 0.5) is 4.39 Å². The smallest absolute Gasteiger partial charge is 0.251 e. The zero-order chi connectivity index (χ0) is 12.8. The van der Waals surface area contributed by atoms with Crippen molar-refractivity contribution in [1.82, 2.24) is 5.32 Å². The Morgan fingerprint density at radius 2 is 2.29 bits per heavy atom. The van der Waals surface area contributed by atoms with Gasteiger partial charge in [0.15, 0.2) is 11.6 Å². The van der Waals surface area contributed by atoms with Crippen LogP contribution in [0.2, 0.25) is 0 Å². The van der Waals surface area contributed by atoms with Crippen LogP contribution < -0.4 is 15.8 Å². The Morgan fingerprint density at radius 3 is 2.88 bits per heavy atom. The van der Waals surface area contributed by atoms with Gasteiger partial charge in [-0.1, -0.05) is 0 Å². The summed E-state index contributed by atoms with van der Waals surface area (Å²) in [6.45, 7) is 2.37. The summed E-state index contributed by atoms with van der Waals surface area (Å²) in [6.07, 6.45) is 0.698. The number of benzene rings is 1. The van der Waals surface area contributed by atoms with Gasteiger partial charge < -0.3 is 15.8 Å². The molecule has 0 aliphatic heterocycles. The van der Waals surface area contributed by atoms with E-state index in [1.165, 1.54) is 25.3 Å². The van der Waals surface area contributed by atoms with E-state index in [1.807, 2.05) is 6.92 Å². The summed E-state index contributed by atoms with van der Waals surface area (Å²) < 4.78 is 18.0. The predicted molar refractivity (Wildman–Crippen MR) is 63.6 cm³/mol. The molecule has 0 radical (unpaired) electrons. The molecular weight excluding hydrogens is 223 g/mol. The Labute approximate surface area is 100.0 Å². The van der Waals surface area contributed by atoms with Crippen molar-refractivity contribution in [3.05, 3.63) is 29.6 Å². The molecule has 0 spiro atoms. The lowest BCUT2D eigenvalue weighted by Crippen LogP contribution is -2.34. The van der Waals surface area contributed by atoms with Crippen LogP contribution in [0.1, 0.15) is 23.7 Å². The molecule has 5 heteroatoms. The van der Waals surface area contributed by atoms with E-state index in [2.05, 4.69) is 5.32 Å². The van der Waals surface area contributed by atoms with Gasteiger partial charge in [-0.2, -0.15) is 0 Å². The summed E-state index contributed by atoms with van der Waals surface area (Å²) in [4.78, 5) is 11.8. The number of methoxy groups -OCH3 is 1. The van der Waals surface area contributed by atoms with Gasteiger partial charge in [0.05, 0.1) is 7.11 Å². The lowest BCUT2D eigenvalue weighted by atomic mass is 10.1. The summed E-state index contributed by atoms with van der Waals surface area (Å²) in [7, 11) is 1.36. The van der Waals surface area contributed by atoms with Crippen molar-refractivity contribution in [1.29, 1.82) is 0 Å². The first kappa shape index (κ1) is 13.4. The van der Waals surface area contributed by atoms with Crippen LogP contribution in [0.5, 0.6) is 5.75 Å². The molecular formula is C12H17FN2O2. The fourth-order valence-corrected chi connectivity index (χ4v) is 1.43. The minimum atomic E-state index is -0.487. The van der Waals surface area contributed by atoms with Gasteiger partial charge in [-0.05, 0) is 38.1 Å². The molecule has 4 nitrogen and oxygen atoms in total. The third-order valence-electron chi connectivity index (χ3n) is 2.39. The second kappa shape index (κ2) is 6.20. The molecule has 0 aliphatic rings. The molecule has 0 fully saturated rings. The molecule has 0 bridgehead atoms. The summed E-state index contributed by atoms with van der Waals surface area (Å²) in [5.41, 5.74) is 5.76. The van der Waals surface area contributed by atoms with Gasteiger partial charge in [0.2, 0.25) is 0 Å². The number of nitrogens with two attached hydrogens (primary N) is 1. The van der Waals surface area contributed by atoms with E-state index in [1.54, 1.807) is 0 Å².